The largest absolute Gasteiger partial charge is 0.269 e. The maximum Gasteiger partial charge on any atom is 0.269 e. The first kappa shape index (κ1) is 20.0. The van der Waals surface area contributed by atoms with Crippen molar-refractivity contribution in [3.63, 3.8) is 0 Å². The van der Waals surface area contributed by atoms with E-state index in [1.54, 1.807) is 10.9 Å². The second kappa shape index (κ2) is 7.74. The number of benzene rings is 3. The lowest BCUT2D eigenvalue weighted by Gasteiger charge is -2.05. The molecular formula is C27H20N6O. The van der Waals surface area contributed by atoms with Crippen LogP contribution < -0.4 is 5.56 Å². The molecule has 164 valence electrons. The van der Waals surface area contributed by atoms with E-state index < -0.39 is 0 Å². The van der Waals surface area contributed by atoms with Gasteiger partial charge in [-0.3, -0.25) is 9.36 Å². The van der Waals surface area contributed by atoms with Gasteiger partial charge < -0.3 is 0 Å². The molecule has 7 heteroatoms. The van der Waals surface area contributed by atoms with Crippen molar-refractivity contribution in [3.05, 3.63) is 106 Å². The molecule has 0 spiro atoms. The van der Waals surface area contributed by atoms with Gasteiger partial charge in [-0.25, -0.2) is 15.0 Å². The summed E-state index contributed by atoms with van der Waals surface area (Å²) in [5.74, 6) is 0. The molecule has 0 amide bonds. The first-order valence-electron chi connectivity index (χ1n) is 10.9. The zero-order valence-electron chi connectivity index (χ0n) is 18.7. The predicted octanol–water partition coefficient (Wildman–Crippen LogP) is 4.78. The second-order valence-corrected chi connectivity index (χ2v) is 8.31. The highest BCUT2D eigenvalue weighted by atomic mass is 16.1. The van der Waals surface area contributed by atoms with Crippen molar-refractivity contribution >= 4 is 39.4 Å². The summed E-state index contributed by atoms with van der Waals surface area (Å²) < 4.78 is 3.14. The van der Waals surface area contributed by atoms with Crippen molar-refractivity contribution in [2.75, 3.05) is 0 Å². The van der Waals surface area contributed by atoms with Crippen molar-refractivity contribution in [1.29, 1.82) is 0 Å². The van der Waals surface area contributed by atoms with E-state index in [0.29, 0.717) is 27.7 Å². The molecule has 0 aliphatic rings. The van der Waals surface area contributed by atoms with Crippen LogP contribution in [0.15, 0.2) is 89.0 Å². The minimum atomic E-state index is -0.215. The Hall–Kier alpha value is -4.65. The number of aromatic nitrogens is 5. The minimum Gasteiger partial charge on any atom is -0.268 e. The van der Waals surface area contributed by atoms with E-state index in [9.17, 15) is 4.79 Å². The molecule has 0 unspecified atom stereocenters. The lowest BCUT2D eigenvalue weighted by molar-refractivity contribution is 0.906. The molecule has 6 aromatic rings. The van der Waals surface area contributed by atoms with Crippen molar-refractivity contribution < 1.29 is 0 Å². The molecule has 0 saturated heterocycles. The molecule has 0 saturated carbocycles. The molecular weight excluding hydrogens is 424 g/mol. The molecule has 3 aromatic carbocycles. The highest BCUT2D eigenvalue weighted by Gasteiger charge is 2.20. The van der Waals surface area contributed by atoms with Gasteiger partial charge in [0.05, 0.1) is 22.9 Å². The molecule has 0 bridgehead atoms. The van der Waals surface area contributed by atoms with Crippen LogP contribution in [-0.2, 0) is 0 Å². The van der Waals surface area contributed by atoms with E-state index in [1.165, 1.54) is 10.9 Å². The first-order valence-corrected chi connectivity index (χ1v) is 10.9. The van der Waals surface area contributed by atoms with Gasteiger partial charge in [-0.1, -0.05) is 59.7 Å². The Labute approximate surface area is 194 Å². The molecule has 0 atom stereocenters. The summed E-state index contributed by atoms with van der Waals surface area (Å²) in [4.78, 5) is 27.9. The van der Waals surface area contributed by atoms with Crippen LogP contribution in [0.25, 0.3) is 38.9 Å². The summed E-state index contributed by atoms with van der Waals surface area (Å²) in [7, 11) is 0. The summed E-state index contributed by atoms with van der Waals surface area (Å²) in [6.07, 6.45) is 3.28. The van der Waals surface area contributed by atoms with Crippen LogP contribution in [0.1, 0.15) is 16.7 Å². The van der Waals surface area contributed by atoms with Gasteiger partial charge in [-0.15, -0.1) is 0 Å². The number of rotatable bonds is 3. The van der Waals surface area contributed by atoms with Crippen molar-refractivity contribution in [3.8, 4) is 5.69 Å². The highest BCUT2D eigenvalue weighted by molar-refractivity contribution is 6.05. The average molecular weight is 444 g/mol. The van der Waals surface area contributed by atoms with Gasteiger partial charge in [0.15, 0.2) is 11.3 Å². The smallest absolute Gasteiger partial charge is 0.268 e. The normalized spacial score (nSPS) is 11.8. The van der Waals surface area contributed by atoms with Crippen LogP contribution in [0.4, 0.5) is 0 Å². The summed E-state index contributed by atoms with van der Waals surface area (Å²) in [6, 6.07) is 23.4. The topological polar surface area (TPSA) is 78.0 Å². The van der Waals surface area contributed by atoms with Crippen LogP contribution >= 0.6 is 0 Å². The standard InChI is InChI=1S/C27H20N6O/c1-17-10-12-20(13-11-17)32-16-28-25-23(27(32)34)24-26(31-22-9-4-3-8-21(22)30-24)33(25)29-15-19-7-5-6-18(2)14-19/h3-16H,1-2H3/b29-15+. The molecule has 0 aliphatic carbocycles. The molecule has 0 aliphatic heterocycles. The molecule has 3 heterocycles. The van der Waals surface area contributed by atoms with E-state index in [1.807, 2.05) is 86.6 Å². The van der Waals surface area contributed by atoms with Crippen molar-refractivity contribution in [2.45, 2.75) is 13.8 Å². The Morgan fingerprint density at radius 2 is 1.59 bits per heavy atom. The van der Waals surface area contributed by atoms with Crippen LogP contribution in [0.3, 0.4) is 0 Å². The lowest BCUT2D eigenvalue weighted by Crippen LogP contribution is -2.18. The predicted molar refractivity (Wildman–Crippen MR) is 135 cm³/mol. The number of hydrogen-bond donors (Lipinski definition) is 0. The maximum absolute atomic E-state index is 13.7. The van der Waals surface area contributed by atoms with E-state index >= 15 is 0 Å². The van der Waals surface area contributed by atoms with E-state index in [4.69, 9.17) is 9.97 Å². The third-order valence-electron chi connectivity index (χ3n) is 5.82. The van der Waals surface area contributed by atoms with Gasteiger partial charge >= 0.3 is 0 Å². The Balaban J connectivity index is 1.66. The fraction of sp³-hybridized carbons (Fsp3) is 0.0741. The Kier molecular flexibility index (Phi) is 4.55. The molecule has 7 nitrogen and oxygen atoms in total. The quantitative estimate of drug-likeness (QED) is 0.368. The van der Waals surface area contributed by atoms with Crippen LogP contribution in [0.5, 0.6) is 0 Å². The molecule has 34 heavy (non-hydrogen) atoms. The first-order chi connectivity index (χ1) is 16.6. The van der Waals surface area contributed by atoms with Gasteiger partial charge in [0.1, 0.15) is 17.2 Å². The third-order valence-corrected chi connectivity index (χ3v) is 5.82. The van der Waals surface area contributed by atoms with Crippen LogP contribution in [0, 0.1) is 13.8 Å². The Morgan fingerprint density at radius 1 is 0.824 bits per heavy atom. The van der Waals surface area contributed by atoms with Gasteiger partial charge in [-0.05, 0) is 43.7 Å². The Morgan fingerprint density at radius 3 is 2.35 bits per heavy atom. The summed E-state index contributed by atoms with van der Waals surface area (Å²) in [5.41, 5.74) is 6.54. The number of fused-ring (bicyclic) bond motifs is 4. The van der Waals surface area contributed by atoms with Crippen LogP contribution in [-0.4, -0.2) is 30.4 Å². The fourth-order valence-corrected chi connectivity index (χ4v) is 4.09. The number of nitrogens with zero attached hydrogens (tertiary/aromatic N) is 6. The molecule has 0 fully saturated rings. The molecule has 0 N–H and O–H groups in total. The summed E-state index contributed by atoms with van der Waals surface area (Å²) in [6.45, 7) is 4.04. The number of hydrogen-bond acceptors (Lipinski definition) is 5. The molecule has 6 rings (SSSR count). The fourth-order valence-electron chi connectivity index (χ4n) is 4.09. The average Bonchev–Trinajstić information content (AvgIpc) is 3.15. The van der Waals surface area contributed by atoms with E-state index in [0.717, 1.165) is 27.9 Å². The SMILES string of the molecule is Cc1ccc(-n2cnc3c(c2=O)c2nc4ccccc4nc2n3/N=C/c2cccc(C)c2)cc1. The zero-order valence-corrected chi connectivity index (χ0v) is 18.7. The molecule has 0 radical (unpaired) electrons. The van der Waals surface area contributed by atoms with Gasteiger partial charge in [0.2, 0.25) is 0 Å². The van der Waals surface area contributed by atoms with E-state index in [2.05, 4.69) is 10.1 Å². The minimum absolute atomic E-state index is 0.215. The van der Waals surface area contributed by atoms with Crippen LogP contribution in [0.2, 0.25) is 0 Å². The van der Waals surface area contributed by atoms with Crippen molar-refractivity contribution in [1.82, 2.24) is 24.2 Å². The van der Waals surface area contributed by atoms with Gasteiger partial charge in [0, 0.05) is 0 Å². The Bertz CT molecular complexity index is 1790. The van der Waals surface area contributed by atoms with Crippen molar-refractivity contribution in [2.24, 2.45) is 5.10 Å². The second-order valence-electron chi connectivity index (χ2n) is 8.31. The maximum atomic E-state index is 13.7. The third kappa shape index (κ3) is 3.26. The molecule has 3 aromatic heterocycles. The summed E-state index contributed by atoms with van der Waals surface area (Å²) in [5, 5.41) is 5.06. The summed E-state index contributed by atoms with van der Waals surface area (Å²) >= 11 is 0. The van der Waals surface area contributed by atoms with Gasteiger partial charge in [0.25, 0.3) is 5.56 Å². The van der Waals surface area contributed by atoms with Gasteiger partial charge in [-0.2, -0.15) is 9.78 Å². The lowest BCUT2D eigenvalue weighted by atomic mass is 10.2. The highest BCUT2D eigenvalue weighted by Crippen LogP contribution is 2.25. The monoisotopic (exact) mass is 444 g/mol. The zero-order chi connectivity index (χ0) is 23.2. The number of aryl methyl sites for hydroxylation is 2. The number of para-hydroxylation sites is 2. The van der Waals surface area contributed by atoms with E-state index in [-0.39, 0.29) is 5.56 Å².